The second-order valence-electron chi connectivity index (χ2n) is 3.96. The minimum absolute atomic E-state index is 0.294. The topological polar surface area (TPSA) is 146 Å². The Kier molecular flexibility index (Phi) is 9.46. The van der Waals surface area contributed by atoms with Crippen LogP contribution in [0.15, 0.2) is 0 Å². The number of aliphatic hydroxyl groups excluding tert-OH is 2. The second-order valence-corrected chi connectivity index (χ2v) is 3.96. The maximum Gasteiger partial charge on any atom is 0.347 e. The van der Waals surface area contributed by atoms with Crippen molar-refractivity contribution in [1.82, 2.24) is 0 Å². The van der Waals surface area contributed by atoms with Crippen molar-refractivity contribution in [3.8, 4) is 0 Å². The number of rotatable bonds is 9. The summed E-state index contributed by atoms with van der Waals surface area (Å²) in [4.78, 5) is 44.0. The first-order valence-corrected chi connectivity index (χ1v) is 6.25. The summed E-state index contributed by atoms with van der Waals surface area (Å²) in [5.41, 5.74) is 0. The van der Waals surface area contributed by atoms with Crippen molar-refractivity contribution in [1.29, 1.82) is 0 Å². The van der Waals surface area contributed by atoms with Crippen molar-refractivity contribution >= 4 is 23.9 Å². The van der Waals surface area contributed by atoms with Crippen LogP contribution in [0, 0.1) is 0 Å². The molecule has 0 bridgehead atoms. The van der Waals surface area contributed by atoms with Gasteiger partial charge in [-0.05, 0) is 13.8 Å². The van der Waals surface area contributed by atoms with Gasteiger partial charge in [-0.3, -0.25) is 0 Å². The highest BCUT2D eigenvalue weighted by molar-refractivity contribution is 5.79. The molecule has 22 heavy (non-hydrogen) atoms. The molecule has 0 aliphatic rings. The zero-order valence-corrected chi connectivity index (χ0v) is 12.1. The molecule has 2 atom stereocenters. The number of hydrogen-bond donors (Lipinski definition) is 2. The maximum absolute atomic E-state index is 11.3. The molecule has 2 N–H and O–H groups in total. The summed E-state index contributed by atoms with van der Waals surface area (Å²) in [6.45, 7) is 0.297. The molecular weight excluding hydrogens is 304 g/mol. The third-order valence-corrected chi connectivity index (χ3v) is 2.03. The molecule has 0 heterocycles. The first kappa shape index (κ1) is 19.8. The Bertz CT molecular complexity index is 403. The van der Waals surface area contributed by atoms with Crippen LogP contribution in [0.5, 0.6) is 0 Å². The van der Waals surface area contributed by atoms with Crippen LogP contribution in [0.3, 0.4) is 0 Å². The fourth-order valence-electron chi connectivity index (χ4n) is 0.990. The summed E-state index contributed by atoms with van der Waals surface area (Å²) in [5.74, 6) is -3.71. The summed E-state index contributed by atoms with van der Waals surface area (Å²) in [6, 6.07) is 0. The zero-order chi connectivity index (χ0) is 17.1. The lowest BCUT2D eigenvalue weighted by Gasteiger charge is -2.12. The maximum atomic E-state index is 11.3. The van der Waals surface area contributed by atoms with Crippen molar-refractivity contribution in [2.45, 2.75) is 26.1 Å². The molecule has 0 spiro atoms. The van der Waals surface area contributed by atoms with E-state index in [0.717, 1.165) is 0 Å². The van der Waals surface area contributed by atoms with E-state index >= 15 is 0 Å². The van der Waals surface area contributed by atoms with Gasteiger partial charge in [-0.2, -0.15) is 0 Å². The highest BCUT2D eigenvalue weighted by Gasteiger charge is 2.19. The van der Waals surface area contributed by atoms with Crippen LogP contribution in [0.4, 0.5) is 0 Å². The number of carbonyl (C=O) groups excluding carboxylic acids is 4. The van der Waals surface area contributed by atoms with Crippen molar-refractivity contribution in [3.63, 3.8) is 0 Å². The molecule has 2 unspecified atom stereocenters. The summed E-state index contributed by atoms with van der Waals surface area (Å²) < 4.78 is 18.1. The number of ether oxygens (including phenoxy) is 4. The molecule has 0 radical (unpaired) electrons. The molecule has 10 nitrogen and oxygen atoms in total. The van der Waals surface area contributed by atoms with Crippen molar-refractivity contribution in [2.24, 2.45) is 0 Å². The average molecular weight is 322 g/mol. The summed E-state index contributed by atoms with van der Waals surface area (Å²) >= 11 is 0. The van der Waals surface area contributed by atoms with E-state index in [1.807, 2.05) is 0 Å². The van der Waals surface area contributed by atoms with E-state index in [1.54, 1.807) is 0 Å². The molecule has 0 aliphatic heterocycles. The molecule has 0 amide bonds. The standard InChI is InChI=1S/C12H18O10/c1-7(14)11(17)21-6-10(16)19-3-4-20-12(18)8(2)22-9(15)5-13/h7-8,13-14H,3-6H2,1-2H3. The van der Waals surface area contributed by atoms with Crippen molar-refractivity contribution < 1.29 is 48.3 Å². The lowest BCUT2D eigenvalue weighted by molar-refractivity contribution is -0.171. The Labute approximate surface area is 125 Å². The lowest BCUT2D eigenvalue weighted by atomic mass is 10.4. The Morgan fingerprint density at radius 1 is 0.909 bits per heavy atom. The monoisotopic (exact) mass is 322 g/mol. The van der Waals surface area contributed by atoms with Crippen LogP contribution >= 0.6 is 0 Å². The van der Waals surface area contributed by atoms with Crippen molar-refractivity contribution in [3.05, 3.63) is 0 Å². The molecule has 10 heteroatoms. The Morgan fingerprint density at radius 2 is 1.50 bits per heavy atom. The second kappa shape index (κ2) is 10.5. The third-order valence-electron chi connectivity index (χ3n) is 2.03. The largest absolute Gasteiger partial charge is 0.460 e. The molecule has 0 aromatic rings. The molecule has 0 saturated carbocycles. The average Bonchev–Trinajstić information content (AvgIpc) is 2.48. The van der Waals surface area contributed by atoms with E-state index < -0.39 is 49.3 Å². The molecule has 126 valence electrons. The van der Waals surface area contributed by atoms with Gasteiger partial charge in [0.1, 0.15) is 25.9 Å². The minimum Gasteiger partial charge on any atom is -0.460 e. The summed E-state index contributed by atoms with van der Waals surface area (Å²) in [5, 5.41) is 17.2. The van der Waals surface area contributed by atoms with Crippen LogP contribution in [0.2, 0.25) is 0 Å². The Hall–Kier alpha value is -2.20. The van der Waals surface area contributed by atoms with E-state index in [-0.39, 0.29) is 13.2 Å². The van der Waals surface area contributed by atoms with Crippen LogP contribution in [0.25, 0.3) is 0 Å². The third kappa shape index (κ3) is 8.87. The zero-order valence-electron chi connectivity index (χ0n) is 12.1. The van der Waals surface area contributed by atoms with E-state index in [1.165, 1.54) is 13.8 Å². The van der Waals surface area contributed by atoms with E-state index in [9.17, 15) is 19.2 Å². The van der Waals surface area contributed by atoms with Gasteiger partial charge in [0.05, 0.1) is 0 Å². The SMILES string of the molecule is CC(O)C(=O)OCC(=O)OCCOC(=O)C(C)OC(=O)CO. The van der Waals surface area contributed by atoms with Gasteiger partial charge in [-0.25, -0.2) is 19.2 Å². The predicted molar refractivity (Wildman–Crippen MR) is 67.2 cm³/mol. The smallest absolute Gasteiger partial charge is 0.347 e. The normalized spacial score (nSPS) is 12.7. The highest BCUT2D eigenvalue weighted by atomic mass is 16.6. The van der Waals surface area contributed by atoms with Crippen molar-refractivity contribution in [2.75, 3.05) is 26.4 Å². The van der Waals surface area contributed by atoms with Gasteiger partial charge >= 0.3 is 23.9 Å². The lowest BCUT2D eigenvalue weighted by Crippen LogP contribution is -2.29. The molecule has 0 aromatic heterocycles. The van der Waals surface area contributed by atoms with E-state index in [0.29, 0.717) is 0 Å². The van der Waals surface area contributed by atoms with Gasteiger partial charge < -0.3 is 29.2 Å². The van der Waals surface area contributed by atoms with Gasteiger partial charge in [-0.15, -0.1) is 0 Å². The van der Waals surface area contributed by atoms with Gasteiger partial charge in [0.25, 0.3) is 0 Å². The first-order valence-electron chi connectivity index (χ1n) is 6.25. The van der Waals surface area contributed by atoms with Gasteiger partial charge in [0.15, 0.2) is 12.7 Å². The number of carbonyl (C=O) groups is 4. The minimum atomic E-state index is -1.35. The Morgan fingerprint density at radius 3 is 2.05 bits per heavy atom. The van der Waals surface area contributed by atoms with Gasteiger partial charge in [0, 0.05) is 0 Å². The summed E-state index contributed by atoms with van der Waals surface area (Å²) in [7, 11) is 0. The molecule has 0 fully saturated rings. The number of esters is 4. The van der Waals surface area contributed by atoms with Crippen LogP contribution < -0.4 is 0 Å². The van der Waals surface area contributed by atoms with Crippen LogP contribution in [0.1, 0.15) is 13.8 Å². The van der Waals surface area contributed by atoms with Crippen LogP contribution in [-0.2, 0) is 38.1 Å². The van der Waals surface area contributed by atoms with Gasteiger partial charge in [0.2, 0.25) is 0 Å². The fourth-order valence-corrected chi connectivity index (χ4v) is 0.990. The van der Waals surface area contributed by atoms with Gasteiger partial charge in [-0.1, -0.05) is 0 Å². The predicted octanol–water partition coefficient (Wildman–Crippen LogP) is -2.08. The molecule has 0 aliphatic carbocycles. The quantitative estimate of drug-likeness (QED) is 0.275. The first-order chi connectivity index (χ1) is 10.3. The Balaban J connectivity index is 3.79. The highest BCUT2D eigenvalue weighted by Crippen LogP contribution is 1.96. The molecule has 0 saturated heterocycles. The molecular formula is C12H18O10. The van der Waals surface area contributed by atoms with Crippen LogP contribution in [-0.4, -0.2) is 72.7 Å². The molecule has 0 aromatic carbocycles. The van der Waals surface area contributed by atoms with E-state index in [2.05, 4.69) is 18.9 Å². The summed E-state index contributed by atoms with van der Waals surface area (Å²) in [6.07, 6.45) is -2.56. The number of hydrogen-bond acceptors (Lipinski definition) is 10. The fraction of sp³-hybridized carbons (Fsp3) is 0.667. The molecule has 0 rings (SSSR count). The van der Waals surface area contributed by atoms with E-state index in [4.69, 9.17) is 10.2 Å². The number of aliphatic hydroxyl groups is 2.